The Kier molecular flexibility index (Phi) is 5.69. The van der Waals surface area contributed by atoms with E-state index in [-0.39, 0.29) is 17.9 Å². The first-order valence-electron chi connectivity index (χ1n) is 9.37. The summed E-state index contributed by atoms with van der Waals surface area (Å²) in [6.07, 6.45) is 7.00. The molecule has 6 nitrogen and oxygen atoms in total. The van der Waals surface area contributed by atoms with Gasteiger partial charge in [-0.25, -0.2) is 4.98 Å². The summed E-state index contributed by atoms with van der Waals surface area (Å²) in [6.45, 7) is 3.48. The molecular formula is C20H23BrN4O2. The van der Waals surface area contributed by atoms with Gasteiger partial charge in [-0.15, -0.1) is 0 Å². The maximum atomic E-state index is 13.2. The van der Waals surface area contributed by atoms with Crippen LogP contribution >= 0.6 is 15.9 Å². The van der Waals surface area contributed by atoms with Crippen LogP contribution < -0.4 is 4.90 Å². The Bertz CT molecular complexity index is 771. The third-order valence-corrected chi connectivity index (χ3v) is 5.79. The number of rotatable bonds is 3. The van der Waals surface area contributed by atoms with Crippen molar-refractivity contribution in [2.75, 3.05) is 37.7 Å². The van der Waals surface area contributed by atoms with Gasteiger partial charge in [0.2, 0.25) is 5.91 Å². The third-order valence-electron chi connectivity index (χ3n) is 5.26. The van der Waals surface area contributed by atoms with Crippen molar-refractivity contribution in [3.05, 3.63) is 52.9 Å². The molecule has 0 radical (unpaired) electrons. The van der Waals surface area contributed by atoms with Gasteiger partial charge >= 0.3 is 0 Å². The molecule has 7 heteroatoms. The first-order chi connectivity index (χ1) is 13.2. The molecule has 3 heterocycles. The molecule has 1 aromatic carbocycles. The Hall–Kier alpha value is -1.99. The van der Waals surface area contributed by atoms with Crippen molar-refractivity contribution in [1.82, 2.24) is 14.9 Å². The first-order valence-corrected chi connectivity index (χ1v) is 10.2. The Morgan fingerprint density at radius 1 is 1.15 bits per heavy atom. The Balaban J connectivity index is 1.41. The lowest BCUT2D eigenvalue weighted by Crippen LogP contribution is -2.49. The highest BCUT2D eigenvalue weighted by molar-refractivity contribution is 9.10. The number of carbonyl (C=O) groups excluding carboxylic acids is 1. The Morgan fingerprint density at radius 2 is 2.00 bits per heavy atom. The molecule has 2 aromatic rings. The standard InChI is InChI=1S/C20H23BrN4O2/c21-17-5-3-15(4-6-17)18-14-25(10-11-27-18)20(26)16-2-1-9-24(13-16)19-12-22-7-8-23-19/h3-8,12,16,18H,1-2,9-11,13-14H2. The van der Waals surface area contributed by atoms with Crippen LogP contribution in [0.2, 0.25) is 0 Å². The van der Waals surface area contributed by atoms with Gasteiger partial charge in [-0.2, -0.15) is 0 Å². The molecule has 0 bridgehead atoms. The molecule has 27 heavy (non-hydrogen) atoms. The van der Waals surface area contributed by atoms with Crippen LogP contribution in [0.4, 0.5) is 5.82 Å². The Labute approximate surface area is 167 Å². The predicted molar refractivity (Wildman–Crippen MR) is 106 cm³/mol. The number of nitrogens with zero attached hydrogens (tertiary/aromatic N) is 4. The lowest BCUT2D eigenvalue weighted by molar-refractivity contribution is -0.143. The summed E-state index contributed by atoms with van der Waals surface area (Å²) >= 11 is 3.46. The zero-order valence-electron chi connectivity index (χ0n) is 15.1. The second-order valence-electron chi connectivity index (χ2n) is 7.04. The molecule has 4 rings (SSSR count). The number of aromatic nitrogens is 2. The summed E-state index contributed by atoms with van der Waals surface area (Å²) in [6, 6.07) is 8.14. The minimum absolute atomic E-state index is 0.00410. The molecule has 0 N–H and O–H groups in total. The summed E-state index contributed by atoms with van der Waals surface area (Å²) in [4.78, 5) is 25.8. The summed E-state index contributed by atoms with van der Waals surface area (Å²) in [7, 11) is 0. The molecule has 2 fully saturated rings. The number of halogens is 1. The van der Waals surface area contributed by atoms with Crippen molar-refractivity contribution in [1.29, 1.82) is 0 Å². The number of morpholine rings is 1. The van der Waals surface area contributed by atoms with E-state index >= 15 is 0 Å². The van der Waals surface area contributed by atoms with Crippen molar-refractivity contribution in [2.45, 2.75) is 18.9 Å². The van der Waals surface area contributed by atoms with E-state index in [9.17, 15) is 4.79 Å². The average molecular weight is 431 g/mol. The molecule has 2 aliphatic heterocycles. The number of hydrogen-bond acceptors (Lipinski definition) is 5. The minimum Gasteiger partial charge on any atom is -0.370 e. The fraction of sp³-hybridized carbons (Fsp3) is 0.450. The molecular weight excluding hydrogens is 408 g/mol. The van der Waals surface area contributed by atoms with Crippen LogP contribution in [-0.2, 0) is 9.53 Å². The SMILES string of the molecule is O=C(C1CCCN(c2cnccn2)C1)N1CCOC(c2ccc(Br)cc2)C1. The molecule has 2 saturated heterocycles. The van der Waals surface area contributed by atoms with Gasteiger partial charge in [0.05, 0.1) is 25.3 Å². The van der Waals surface area contributed by atoms with Crippen molar-refractivity contribution >= 4 is 27.7 Å². The zero-order chi connectivity index (χ0) is 18.6. The van der Waals surface area contributed by atoms with E-state index in [0.717, 1.165) is 35.2 Å². The first kappa shape index (κ1) is 18.4. The van der Waals surface area contributed by atoms with Crippen LogP contribution in [0.15, 0.2) is 47.3 Å². The van der Waals surface area contributed by atoms with Crippen molar-refractivity contribution < 1.29 is 9.53 Å². The van der Waals surface area contributed by atoms with Gasteiger partial charge in [-0.3, -0.25) is 9.78 Å². The van der Waals surface area contributed by atoms with E-state index < -0.39 is 0 Å². The monoisotopic (exact) mass is 430 g/mol. The molecule has 0 spiro atoms. The summed E-state index contributed by atoms with van der Waals surface area (Å²) in [5.74, 6) is 1.09. The lowest BCUT2D eigenvalue weighted by Gasteiger charge is -2.38. The molecule has 1 aromatic heterocycles. The molecule has 0 saturated carbocycles. The molecule has 2 unspecified atom stereocenters. The van der Waals surface area contributed by atoms with Crippen LogP contribution in [-0.4, -0.2) is 53.6 Å². The number of piperidine rings is 1. The highest BCUT2D eigenvalue weighted by atomic mass is 79.9. The molecule has 142 valence electrons. The fourth-order valence-electron chi connectivity index (χ4n) is 3.83. The largest absolute Gasteiger partial charge is 0.370 e. The van der Waals surface area contributed by atoms with Gasteiger partial charge in [-0.1, -0.05) is 28.1 Å². The van der Waals surface area contributed by atoms with Crippen LogP contribution in [0.1, 0.15) is 24.5 Å². The van der Waals surface area contributed by atoms with Crippen LogP contribution in [0.3, 0.4) is 0 Å². The summed E-state index contributed by atoms with van der Waals surface area (Å²) in [5.41, 5.74) is 1.11. The third kappa shape index (κ3) is 4.30. The number of carbonyl (C=O) groups is 1. The lowest BCUT2D eigenvalue weighted by atomic mass is 9.95. The van der Waals surface area contributed by atoms with Crippen molar-refractivity contribution in [2.24, 2.45) is 5.92 Å². The second kappa shape index (κ2) is 8.35. The van der Waals surface area contributed by atoms with E-state index in [4.69, 9.17) is 4.74 Å². The smallest absolute Gasteiger partial charge is 0.227 e. The van der Waals surface area contributed by atoms with Gasteiger partial charge < -0.3 is 14.5 Å². The minimum atomic E-state index is -0.0597. The van der Waals surface area contributed by atoms with E-state index in [2.05, 4.69) is 42.9 Å². The topological polar surface area (TPSA) is 58.6 Å². The van der Waals surface area contributed by atoms with Gasteiger partial charge in [-0.05, 0) is 30.5 Å². The molecule has 1 amide bonds. The molecule has 0 aliphatic carbocycles. The van der Waals surface area contributed by atoms with E-state index in [1.165, 1.54) is 0 Å². The zero-order valence-corrected chi connectivity index (χ0v) is 16.7. The number of ether oxygens (including phenoxy) is 1. The summed E-state index contributed by atoms with van der Waals surface area (Å²) < 4.78 is 6.97. The quantitative estimate of drug-likeness (QED) is 0.748. The van der Waals surface area contributed by atoms with Crippen LogP contribution in [0, 0.1) is 5.92 Å². The van der Waals surface area contributed by atoms with E-state index in [1.807, 2.05) is 17.0 Å². The van der Waals surface area contributed by atoms with E-state index in [1.54, 1.807) is 18.6 Å². The van der Waals surface area contributed by atoms with Gasteiger partial charge in [0.15, 0.2) is 0 Å². The van der Waals surface area contributed by atoms with Gasteiger partial charge in [0.25, 0.3) is 0 Å². The summed E-state index contributed by atoms with van der Waals surface area (Å²) in [5, 5.41) is 0. The normalized spacial score (nSPS) is 23.3. The van der Waals surface area contributed by atoms with Gasteiger partial charge in [0.1, 0.15) is 11.9 Å². The fourth-order valence-corrected chi connectivity index (χ4v) is 4.09. The second-order valence-corrected chi connectivity index (χ2v) is 7.96. The van der Waals surface area contributed by atoms with Crippen LogP contribution in [0.25, 0.3) is 0 Å². The van der Waals surface area contributed by atoms with Gasteiger partial charge in [0, 0.05) is 36.5 Å². The highest BCUT2D eigenvalue weighted by Crippen LogP contribution is 2.27. The molecule has 2 atom stereocenters. The predicted octanol–water partition coefficient (Wildman–Crippen LogP) is 3.06. The van der Waals surface area contributed by atoms with Crippen molar-refractivity contribution in [3.63, 3.8) is 0 Å². The van der Waals surface area contributed by atoms with Crippen LogP contribution in [0.5, 0.6) is 0 Å². The number of anilines is 1. The molecule has 2 aliphatic rings. The number of benzene rings is 1. The Morgan fingerprint density at radius 3 is 2.78 bits per heavy atom. The maximum absolute atomic E-state index is 13.2. The average Bonchev–Trinajstić information content (AvgIpc) is 2.74. The van der Waals surface area contributed by atoms with E-state index in [0.29, 0.717) is 26.2 Å². The number of hydrogen-bond donors (Lipinski definition) is 0. The highest BCUT2D eigenvalue weighted by Gasteiger charge is 2.33. The number of amides is 1. The maximum Gasteiger partial charge on any atom is 0.227 e. The van der Waals surface area contributed by atoms with Crippen molar-refractivity contribution in [3.8, 4) is 0 Å².